The summed E-state index contributed by atoms with van der Waals surface area (Å²) in [6.45, 7) is 3.97. The van der Waals surface area contributed by atoms with Crippen LogP contribution in [0.5, 0.6) is 0 Å². The number of nitrogens with zero attached hydrogens (tertiary/aromatic N) is 2. The van der Waals surface area contributed by atoms with Crippen molar-refractivity contribution in [2.24, 2.45) is 0 Å². The fourth-order valence-corrected chi connectivity index (χ4v) is 3.49. The maximum absolute atomic E-state index is 12.1. The number of aromatic nitrogens is 2. The molecular weight excluding hydrogens is 358 g/mol. The van der Waals surface area contributed by atoms with Gasteiger partial charge in [-0.2, -0.15) is 0 Å². The van der Waals surface area contributed by atoms with Crippen LogP contribution in [0.3, 0.4) is 0 Å². The van der Waals surface area contributed by atoms with E-state index < -0.39 is 0 Å². The van der Waals surface area contributed by atoms with E-state index in [-0.39, 0.29) is 5.91 Å². The quantitative estimate of drug-likeness (QED) is 0.607. The molecule has 3 aromatic rings. The van der Waals surface area contributed by atoms with Crippen LogP contribution in [0.1, 0.15) is 19.0 Å². The summed E-state index contributed by atoms with van der Waals surface area (Å²) in [5.74, 6) is 0.0120. The van der Waals surface area contributed by atoms with Gasteiger partial charge in [-0.15, -0.1) is 11.3 Å². The van der Waals surface area contributed by atoms with Gasteiger partial charge in [-0.05, 0) is 25.5 Å². The molecule has 132 valence electrons. The summed E-state index contributed by atoms with van der Waals surface area (Å²) in [5, 5.41) is 5.61. The number of amides is 1. The number of rotatable bonds is 8. The van der Waals surface area contributed by atoms with Crippen molar-refractivity contribution in [3.05, 3.63) is 46.6 Å². The number of ether oxygens (including phenoxy) is 1. The smallest absolute Gasteiger partial charge is 0.225 e. The second-order valence-electron chi connectivity index (χ2n) is 5.59. The Balaban J connectivity index is 1.64. The number of benzene rings is 1. The van der Waals surface area contributed by atoms with Crippen molar-refractivity contribution in [1.29, 1.82) is 0 Å². The first-order valence-corrected chi connectivity index (χ1v) is 9.49. The van der Waals surface area contributed by atoms with E-state index in [9.17, 15) is 4.79 Å². The first-order valence-electron chi connectivity index (χ1n) is 8.23. The zero-order valence-electron chi connectivity index (χ0n) is 14.0. The van der Waals surface area contributed by atoms with Gasteiger partial charge >= 0.3 is 0 Å². The standard InChI is InChI=1S/C18H20ClN3O2S/c1-2-24-9-3-8-20-17(23)10-15-12-25-18-21-16(11-22(15)18)13-4-6-14(19)7-5-13/h4-7,11-12H,2-3,8-10H2,1H3,(H,20,23). The molecule has 0 aliphatic rings. The predicted octanol–water partition coefficient (Wildman–Crippen LogP) is 3.80. The minimum atomic E-state index is 0.0120. The molecule has 0 aliphatic heterocycles. The molecule has 2 heterocycles. The Hall–Kier alpha value is -1.89. The number of carbonyl (C=O) groups excluding carboxylic acids is 1. The molecule has 25 heavy (non-hydrogen) atoms. The van der Waals surface area contributed by atoms with Gasteiger partial charge in [0.15, 0.2) is 4.96 Å². The molecule has 0 radical (unpaired) electrons. The molecule has 1 aromatic carbocycles. The largest absolute Gasteiger partial charge is 0.382 e. The van der Waals surface area contributed by atoms with Gasteiger partial charge in [-0.3, -0.25) is 9.20 Å². The number of nitrogens with one attached hydrogen (secondary N) is 1. The molecule has 0 spiro atoms. The molecule has 0 saturated carbocycles. The van der Waals surface area contributed by atoms with E-state index in [0.29, 0.717) is 31.2 Å². The van der Waals surface area contributed by atoms with Crippen LogP contribution < -0.4 is 5.32 Å². The first-order chi connectivity index (χ1) is 12.2. The molecule has 2 aromatic heterocycles. The van der Waals surface area contributed by atoms with Gasteiger partial charge in [-0.1, -0.05) is 23.7 Å². The van der Waals surface area contributed by atoms with Gasteiger partial charge in [-0.25, -0.2) is 4.98 Å². The lowest BCUT2D eigenvalue weighted by Crippen LogP contribution is -2.27. The van der Waals surface area contributed by atoms with Crippen LogP contribution in [0.2, 0.25) is 5.02 Å². The monoisotopic (exact) mass is 377 g/mol. The van der Waals surface area contributed by atoms with Crippen LogP contribution >= 0.6 is 22.9 Å². The van der Waals surface area contributed by atoms with E-state index in [1.807, 2.05) is 47.2 Å². The second kappa shape index (κ2) is 8.47. The van der Waals surface area contributed by atoms with E-state index in [1.54, 1.807) is 0 Å². The third-order valence-electron chi connectivity index (χ3n) is 3.76. The highest BCUT2D eigenvalue weighted by molar-refractivity contribution is 7.15. The maximum Gasteiger partial charge on any atom is 0.225 e. The minimum absolute atomic E-state index is 0.0120. The normalized spacial score (nSPS) is 11.1. The van der Waals surface area contributed by atoms with E-state index in [0.717, 1.165) is 28.3 Å². The molecule has 0 atom stereocenters. The van der Waals surface area contributed by atoms with Crippen molar-refractivity contribution in [2.75, 3.05) is 19.8 Å². The summed E-state index contributed by atoms with van der Waals surface area (Å²) in [5.41, 5.74) is 2.82. The lowest BCUT2D eigenvalue weighted by Gasteiger charge is -2.05. The van der Waals surface area contributed by atoms with Crippen LogP contribution in [0, 0.1) is 0 Å². The highest BCUT2D eigenvalue weighted by atomic mass is 35.5. The Morgan fingerprint density at radius 3 is 2.92 bits per heavy atom. The number of imidazole rings is 1. The Kier molecular flexibility index (Phi) is 6.07. The van der Waals surface area contributed by atoms with Gasteiger partial charge in [0.25, 0.3) is 0 Å². The van der Waals surface area contributed by atoms with Gasteiger partial charge in [0.05, 0.1) is 12.1 Å². The average molecular weight is 378 g/mol. The van der Waals surface area contributed by atoms with E-state index in [1.165, 1.54) is 11.3 Å². The lowest BCUT2D eigenvalue weighted by molar-refractivity contribution is -0.120. The highest BCUT2D eigenvalue weighted by Gasteiger charge is 2.12. The fraction of sp³-hybridized carbons (Fsp3) is 0.333. The number of thiazole rings is 1. The van der Waals surface area contributed by atoms with Crippen LogP contribution in [0.25, 0.3) is 16.2 Å². The van der Waals surface area contributed by atoms with Crippen molar-refractivity contribution in [3.63, 3.8) is 0 Å². The van der Waals surface area contributed by atoms with Crippen molar-refractivity contribution in [1.82, 2.24) is 14.7 Å². The molecular formula is C18H20ClN3O2S. The van der Waals surface area contributed by atoms with Crippen molar-refractivity contribution >= 4 is 33.8 Å². The first kappa shape index (κ1) is 17.9. The summed E-state index contributed by atoms with van der Waals surface area (Å²) in [6, 6.07) is 7.58. The number of carbonyl (C=O) groups is 1. The van der Waals surface area contributed by atoms with Gasteiger partial charge in [0.1, 0.15) is 0 Å². The van der Waals surface area contributed by atoms with Crippen LogP contribution in [-0.2, 0) is 16.0 Å². The minimum Gasteiger partial charge on any atom is -0.382 e. The molecule has 1 N–H and O–H groups in total. The fourth-order valence-electron chi connectivity index (χ4n) is 2.49. The van der Waals surface area contributed by atoms with Crippen molar-refractivity contribution in [2.45, 2.75) is 19.8 Å². The van der Waals surface area contributed by atoms with Gasteiger partial charge < -0.3 is 10.1 Å². The Morgan fingerprint density at radius 1 is 1.36 bits per heavy atom. The molecule has 0 saturated heterocycles. The molecule has 0 bridgehead atoms. The molecule has 7 heteroatoms. The Morgan fingerprint density at radius 2 is 2.16 bits per heavy atom. The predicted molar refractivity (Wildman–Crippen MR) is 101 cm³/mol. The summed E-state index contributed by atoms with van der Waals surface area (Å²) < 4.78 is 7.24. The third-order valence-corrected chi connectivity index (χ3v) is 4.90. The average Bonchev–Trinajstić information content (AvgIpc) is 3.17. The van der Waals surface area contributed by atoms with Gasteiger partial charge in [0.2, 0.25) is 5.91 Å². The van der Waals surface area contributed by atoms with E-state index in [4.69, 9.17) is 16.3 Å². The molecule has 0 unspecified atom stereocenters. The number of fused-ring (bicyclic) bond motifs is 1. The van der Waals surface area contributed by atoms with Crippen molar-refractivity contribution < 1.29 is 9.53 Å². The zero-order chi connectivity index (χ0) is 17.6. The molecule has 0 aliphatic carbocycles. The molecule has 5 nitrogen and oxygen atoms in total. The third kappa shape index (κ3) is 4.60. The number of hydrogen-bond donors (Lipinski definition) is 1. The van der Waals surface area contributed by atoms with Crippen LogP contribution in [-0.4, -0.2) is 35.1 Å². The second-order valence-corrected chi connectivity index (χ2v) is 6.86. The van der Waals surface area contributed by atoms with E-state index in [2.05, 4.69) is 10.3 Å². The Labute approximate surface area is 155 Å². The van der Waals surface area contributed by atoms with Crippen LogP contribution in [0.15, 0.2) is 35.8 Å². The summed E-state index contributed by atoms with van der Waals surface area (Å²) in [4.78, 5) is 17.6. The van der Waals surface area contributed by atoms with Crippen molar-refractivity contribution in [3.8, 4) is 11.3 Å². The topological polar surface area (TPSA) is 55.6 Å². The SMILES string of the molecule is CCOCCCNC(=O)Cc1csc2nc(-c3ccc(Cl)cc3)cn12. The summed E-state index contributed by atoms with van der Waals surface area (Å²) in [7, 11) is 0. The number of halogens is 1. The van der Waals surface area contributed by atoms with Gasteiger partial charge in [0, 0.05) is 47.6 Å². The highest BCUT2D eigenvalue weighted by Crippen LogP contribution is 2.25. The number of hydrogen-bond acceptors (Lipinski definition) is 4. The van der Waals surface area contributed by atoms with Crippen LogP contribution in [0.4, 0.5) is 0 Å². The Bertz CT molecular complexity index is 842. The summed E-state index contributed by atoms with van der Waals surface area (Å²) >= 11 is 7.47. The molecule has 3 rings (SSSR count). The van der Waals surface area contributed by atoms with E-state index >= 15 is 0 Å². The summed E-state index contributed by atoms with van der Waals surface area (Å²) in [6.07, 6.45) is 3.13. The molecule has 1 amide bonds. The zero-order valence-corrected chi connectivity index (χ0v) is 15.6. The lowest BCUT2D eigenvalue weighted by atomic mass is 10.2. The maximum atomic E-state index is 12.1. The molecule has 0 fully saturated rings.